The zero-order valence-electron chi connectivity index (χ0n) is 85.0. The van der Waals surface area contributed by atoms with Gasteiger partial charge in [0.05, 0.1) is 73.5 Å². The number of aliphatic hydroxyl groups excluding tert-OH is 5. The van der Waals surface area contributed by atoms with Gasteiger partial charge >= 0.3 is 29.8 Å². The molecule has 0 aromatic carbocycles. The summed E-state index contributed by atoms with van der Waals surface area (Å²) in [5.74, 6) is 9.93. The summed E-state index contributed by atoms with van der Waals surface area (Å²) in [4.78, 5) is 58.9. The molecule has 20 rings (SSSR count). The molecule has 21 heteroatoms. The molecule has 0 aromatic rings. The Morgan fingerprint density at radius 1 is 0.314 bits per heavy atom. The Kier molecular flexibility index (Phi) is 30.1. The summed E-state index contributed by atoms with van der Waals surface area (Å²) < 4.78 is 28.6. The molecule has 0 amide bonds. The Bertz CT molecular complexity index is 4940. The average molecular weight is 1880 g/mol. The third-order valence-corrected chi connectivity index (χ3v) is 45.3. The minimum Gasteiger partial charge on any atom is -0.465 e. The predicted octanol–water partition coefficient (Wildman–Crippen LogP) is 21.8. The summed E-state index contributed by atoms with van der Waals surface area (Å²) in [5, 5.41) is 107. The maximum absolute atomic E-state index is 12.0. The minimum atomic E-state index is -0.627. The van der Waals surface area contributed by atoms with Crippen LogP contribution in [0.15, 0.2) is 58.2 Å². The molecule has 20 saturated carbocycles. The summed E-state index contributed by atoms with van der Waals surface area (Å²) in [6.45, 7) is 27.9. The van der Waals surface area contributed by atoms with Crippen molar-refractivity contribution < 1.29 is 73.2 Å². The number of hydrogen-bond acceptors (Lipinski definition) is 21. The zero-order chi connectivity index (χ0) is 98.2. The Balaban J connectivity index is 0.000000124. The molecular formula is C116H164N6O15. The second-order valence-corrected chi connectivity index (χ2v) is 50.5. The molecule has 39 atom stereocenters. The molecule has 0 aromatic heterocycles. The van der Waals surface area contributed by atoms with Crippen molar-refractivity contribution in [3.8, 4) is 36.4 Å². The van der Waals surface area contributed by atoms with Gasteiger partial charge in [0.1, 0.15) is 30.8 Å². The van der Waals surface area contributed by atoms with Gasteiger partial charge in [0.15, 0.2) is 0 Å². The lowest BCUT2D eigenvalue weighted by Gasteiger charge is -2.62. The standard InChI is InChI=1S/C24H32N2O3.4C23H33NO3/c1-23-10-7-19-17(18(23)6-4-15(23)8-11-25)5-3-16-13-20(27)21(14-24(16,19)2)29-22(28)9-12-26;1-14(25)27-20-13-23(3)15(9-11-24)5-7-19(23)18-6-4-16-12-17(26)8-10-22(16,2)21(18)20;1-14(25)27-21-13-23(3)16(12-20(21)26)4-6-17-18-7-5-15(9-11-24)22(18,2)10-8-19(17)23;1-14(25)27-21-13-17-18-5-4-15(8-11-24)22(18,2)10-7-19(17)23(3)9-6-16(26)12-20(21)23;1-15(25)27-14-23-11-7-18(26)13-17(23)3-5-19-20-6-4-16(9-12-24)22(20,2)10-8-21(19)23/h8,16-21,27H,3-7,9-10,13-14H2,1-2H3;2*9,16-21,26H,4-8,10,12-13H2,1-3H3;8,16-21,26H,4-7,9-10,12-13H2,1-3H3;9,17-21,26H,3-8,10-11,13-14H2,1-2H3/b15-8-;2*15-9-;15-8-;16-9-/t16-,17-,18-,19-,20-,21-,23+,24-;16-,17+,18-,19-,20-,21+,22-,23+;16-,17-,18-,19-,20-,21-,22+,23-;16-,17+,18+,19+,20-,21+,22-,23-;17-,18+,19-,20-,21-,22+,23+/m00010/s1. The molecule has 137 heavy (non-hydrogen) atoms. The zero-order valence-corrected chi connectivity index (χ0v) is 85.0. The van der Waals surface area contributed by atoms with Crippen LogP contribution in [0, 0.1) is 240 Å². The van der Waals surface area contributed by atoms with E-state index in [-0.39, 0.29) is 127 Å². The van der Waals surface area contributed by atoms with E-state index in [1.807, 2.05) is 18.2 Å². The van der Waals surface area contributed by atoms with E-state index in [0.29, 0.717) is 132 Å². The van der Waals surface area contributed by atoms with E-state index < -0.39 is 24.3 Å². The van der Waals surface area contributed by atoms with Crippen LogP contribution in [0.25, 0.3) is 0 Å². The van der Waals surface area contributed by atoms with E-state index in [1.54, 1.807) is 18.2 Å². The smallest absolute Gasteiger partial charge is 0.320 e. The highest BCUT2D eigenvalue weighted by Crippen LogP contribution is 2.75. The molecule has 0 heterocycles. The summed E-state index contributed by atoms with van der Waals surface area (Å²) in [5.41, 5.74) is 7.88. The van der Waals surface area contributed by atoms with Gasteiger partial charge in [-0.2, -0.15) is 31.6 Å². The van der Waals surface area contributed by atoms with Gasteiger partial charge in [-0.1, -0.05) is 90.2 Å². The summed E-state index contributed by atoms with van der Waals surface area (Å²) >= 11 is 0. The van der Waals surface area contributed by atoms with Gasteiger partial charge in [-0.25, -0.2) is 0 Å². The number of ether oxygens (including phenoxy) is 5. The van der Waals surface area contributed by atoms with Crippen LogP contribution in [0.2, 0.25) is 0 Å². The maximum atomic E-state index is 12.0. The highest BCUT2D eigenvalue weighted by molar-refractivity contribution is 5.72. The Labute approximate surface area is 818 Å². The largest absolute Gasteiger partial charge is 0.465 e. The quantitative estimate of drug-likeness (QED) is 0.0898. The molecule has 0 saturated heterocycles. The first kappa shape index (κ1) is 103. The first-order valence-electron chi connectivity index (χ1n) is 54.2. The van der Waals surface area contributed by atoms with Crippen molar-refractivity contribution in [2.75, 3.05) is 6.61 Å². The molecule has 21 nitrogen and oxygen atoms in total. The van der Waals surface area contributed by atoms with E-state index in [2.05, 4.69) is 92.7 Å². The minimum absolute atomic E-state index is 0.0195. The predicted molar refractivity (Wildman–Crippen MR) is 516 cm³/mol. The third-order valence-electron chi connectivity index (χ3n) is 45.3. The fourth-order valence-corrected chi connectivity index (χ4v) is 38.8. The Hall–Kier alpha value is -7.21. The highest BCUT2D eigenvalue weighted by Gasteiger charge is 2.69. The normalized spacial score (nSPS) is 49.1. The molecular weight excluding hydrogens is 1720 g/mol. The molecule has 748 valence electrons. The van der Waals surface area contributed by atoms with Crippen molar-refractivity contribution in [1.82, 2.24) is 0 Å². The van der Waals surface area contributed by atoms with Crippen LogP contribution in [-0.4, -0.2) is 117 Å². The fraction of sp³-hybridized carbons (Fsp3) is 0.819. The van der Waals surface area contributed by atoms with Crippen LogP contribution in [0.3, 0.4) is 0 Å². The van der Waals surface area contributed by atoms with Crippen molar-refractivity contribution >= 4 is 29.8 Å². The third kappa shape index (κ3) is 18.5. The Morgan fingerprint density at radius 2 is 0.664 bits per heavy atom. The lowest BCUT2D eigenvalue weighted by atomic mass is 9.44. The molecule has 20 fully saturated rings. The number of carbonyl (C=O) groups excluding carboxylic acids is 5. The average Bonchev–Trinajstić information content (AvgIpc) is 1.02. The molecule has 0 aliphatic heterocycles. The molecule has 5 N–H and O–H groups in total. The molecule has 20 aliphatic rings. The van der Waals surface area contributed by atoms with Crippen molar-refractivity contribution in [1.29, 1.82) is 31.6 Å². The number of rotatable bonds is 7. The van der Waals surface area contributed by atoms with Crippen molar-refractivity contribution in [3.63, 3.8) is 0 Å². The van der Waals surface area contributed by atoms with Crippen LogP contribution >= 0.6 is 0 Å². The highest BCUT2D eigenvalue weighted by atomic mass is 16.6. The number of fused-ring (bicyclic) bond motifs is 25. The van der Waals surface area contributed by atoms with Gasteiger partial charge < -0.3 is 49.2 Å². The van der Waals surface area contributed by atoms with E-state index in [0.717, 1.165) is 186 Å². The number of allylic oxidation sites excluding steroid dienone is 10. The van der Waals surface area contributed by atoms with Crippen LogP contribution in [-0.2, 0) is 47.7 Å². The first-order chi connectivity index (χ1) is 65.1. The van der Waals surface area contributed by atoms with Gasteiger partial charge in [0.2, 0.25) is 0 Å². The number of esters is 5. The van der Waals surface area contributed by atoms with Gasteiger partial charge in [-0.3, -0.25) is 24.0 Å². The van der Waals surface area contributed by atoms with Crippen LogP contribution < -0.4 is 0 Å². The second kappa shape index (κ2) is 40.2. The van der Waals surface area contributed by atoms with E-state index in [1.165, 1.54) is 120 Å². The summed E-state index contributed by atoms with van der Waals surface area (Å²) in [6, 6.07) is 13.2. The van der Waals surface area contributed by atoms with E-state index in [4.69, 9.17) is 28.9 Å². The van der Waals surface area contributed by atoms with Gasteiger partial charge in [0.25, 0.3) is 0 Å². The van der Waals surface area contributed by atoms with Gasteiger partial charge in [-0.15, -0.1) is 0 Å². The summed E-state index contributed by atoms with van der Waals surface area (Å²) in [7, 11) is 0. The van der Waals surface area contributed by atoms with Crippen LogP contribution in [0.5, 0.6) is 0 Å². The van der Waals surface area contributed by atoms with E-state index >= 15 is 0 Å². The Morgan fingerprint density at radius 3 is 1.10 bits per heavy atom. The maximum Gasteiger partial charge on any atom is 0.320 e. The van der Waals surface area contributed by atoms with Crippen molar-refractivity contribution in [3.05, 3.63) is 58.2 Å². The number of carbonyl (C=O) groups is 5. The number of aliphatic hydroxyl groups is 5. The van der Waals surface area contributed by atoms with Crippen LogP contribution in [0.1, 0.15) is 360 Å². The molecule has 20 aliphatic carbocycles. The topological polar surface area (TPSA) is 375 Å². The van der Waals surface area contributed by atoms with Crippen molar-refractivity contribution in [2.45, 2.75) is 415 Å². The molecule has 0 spiro atoms. The number of nitrogens with zero attached hydrogens (tertiary/aromatic N) is 6. The van der Waals surface area contributed by atoms with E-state index in [9.17, 15) is 75.8 Å². The second-order valence-electron chi connectivity index (χ2n) is 50.5. The first-order valence-corrected chi connectivity index (χ1v) is 54.2. The monoisotopic (exact) mass is 1880 g/mol. The molecule has 0 unspecified atom stereocenters. The SMILES string of the molecule is CC(=O)OC[C@]12CC[C@@H](O)C[C@@H]1CC[C@@H]1[C@@H]2CC[C@]2(C)/C(=C\C#N)CC[C@@H]12.CC(=O)O[C@H]1C[C@@H]2[C@H](CC[C@]3(C)/C(=C\C#N)CC[C@@H]23)[C@@]2(C)CC[C@@H](O)C[C@H]12.CC(=O)O[C@H]1C[C@@]2(C)[C@@H](CC[C@@H]3[C@@H]2CC[C@]2(C)/C(=C\C#N)CC[C@@H]32)C[C@@H]1O.CC(=O)O[C@H]1C[C@]2(C)/C(=C\C#N)CC[C@H]2[C@@H]2CC[C@H]3C[C@H](O)CC[C@]3(C)[C@H]21.C[C@]12C[C@H](OC(=O)CC#N)[C@@H](O)C[C@@H]1CC[C@@H]1[C@@H]2CC[C@]2(C)/C(=C\C#N)CC[C@@H]12. The lowest BCUT2D eigenvalue weighted by Crippen LogP contribution is -2.59. The van der Waals surface area contributed by atoms with Gasteiger partial charge in [0, 0.05) is 75.3 Å². The number of hydrogen-bond donors (Lipinski definition) is 5. The number of nitriles is 6. The molecule has 0 bridgehead atoms. The molecule has 0 radical (unpaired) electrons. The fourth-order valence-electron chi connectivity index (χ4n) is 38.8. The van der Waals surface area contributed by atoms with Crippen molar-refractivity contribution in [2.24, 2.45) is 173 Å². The van der Waals surface area contributed by atoms with Gasteiger partial charge in [-0.05, 0) is 419 Å². The lowest BCUT2D eigenvalue weighted by molar-refractivity contribution is -0.191. The van der Waals surface area contributed by atoms with Crippen LogP contribution in [0.4, 0.5) is 0 Å². The summed E-state index contributed by atoms with van der Waals surface area (Å²) in [6.07, 6.45) is 48.7.